The maximum absolute atomic E-state index is 13.1. The summed E-state index contributed by atoms with van der Waals surface area (Å²) >= 11 is 1.45. The molecule has 0 bridgehead atoms. The lowest BCUT2D eigenvalue weighted by atomic mass is 10.0. The van der Waals surface area contributed by atoms with E-state index in [9.17, 15) is 9.90 Å². The molecule has 2 aromatic carbocycles. The minimum Gasteiger partial charge on any atom is -0.491 e. The van der Waals surface area contributed by atoms with Crippen molar-refractivity contribution >= 4 is 21.6 Å². The van der Waals surface area contributed by atoms with Crippen LogP contribution in [0.25, 0.3) is 21.3 Å². The summed E-state index contributed by atoms with van der Waals surface area (Å²) in [6.07, 6.45) is 0.669. The molecular formula is C24H24N2O3S. The first-order valence-electron chi connectivity index (χ1n) is 9.96. The highest BCUT2D eigenvalue weighted by molar-refractivity contribution is 7.17. The van der Waals surface area contributed by atoms with Gasteiger partial charge in [0, 0.05) is 10.9 Å². The van der Waals surface area contributed by atoms with Gasteiger partial charge >= 0.3 is 0 Å². The third kappa shape index (κ3) is 4.15. The molecule has 1 unspecified atom stereocenters. The first-order valence-corrected chi connectivity index (χ1v) is 10.8. The third-order valence-corrected chi connectivity index (χ3v) is 5.91. The molecule has 0 radical (unpaired) electrons. The highest BCUT2D eigenvalue weighted by Gasteiger charge is 2.16. The number of rotatable bonds is 7. The van der Waals surface area contributed by atoms with E-state index in [0.29, 0.717) is 16.1 Å². The van der Waals surface area contributed by atoms with Crippen molar-refractivity contribution in [1.29, 1.82) is 0 Å². The van der Waals surface area contributed by atoms with E-state index in [0.717, 1.165) is 22.4 Å². The summed E-state index contributed by atoms with van der Waals surface area (Å²) in [7, 11) is 0. The Labute approximate surface area is 179 Å². The van der Waals surface area contributed by atoms with Crippen LogP contribution in [-0.2, 0) is 6.54 Å². The Morgan fingerprint density at radius 1 is 1.10 bits per heavy atom. The van der Waals surface area contributed by atoms with Crippen LogP contribution in [0.4, 0.5) is 0 Å². The van der Waals surface area contributed by atoms with Gasteiger partial charge in [0.2, 0.25) is 0 Å². The minimum atomic E-state index is -0.832. The highest BCUT2D eigenvalue weighted by atomic mass is 32.1. The van der Waals surface area contributed by atoms with Crippen molar-refractivity contribution in [2.24, 2.45) is 0 Å². The number of hydrogen-bond donors (Lipinski definition) is 1. The molecule has 0 saturated heterocycles. The summed E-state index contributed by atoms with van der Waals surface area (Å²) in [6.45, 7) is 4.42. The Hall–Kier alpha value is -2.96. The van der Waals surface area contributed by atoms with E-state index >= 15 is 0 Å². The summed E-state index contributed by atoms with van der Waals surface area (Å²) in [5.74, 6) is 1.08. The first kappa shape index (κ1) is 20.3. The summed E-state index contributed by atoms with van der Waals surface area (Å²) in [4.78, 5) is 18.2. The zero-order valence-electron chi connectivity index (χ0n) is 17.0. The first-order chi connectivity index (χ1) is 14.5. The topological polar surface area (TPSA) is 64.3 Å². The van der Waals surface area contributed by atoms with Gasteiger partial charge in [-0.3, -0.25) is 9.36 Å². The molecule has 4 aromatic rings. The van der Waals surface area contributed by atoms with E-state index in [1.54, 1.807) is 0 Å². The number of fused-ring (bicyclic) bond motifs is 1. The Balaban J connectivity index is 1.54. The largest absolute Gasteiger partial charge is 0.491 e. The van der Waals surface area contributed by atoms with E-state index in [4.69, 9.17) is 4.74 Å². The van der Waals surface area contributed by atoms with Gasteiger partial charge in [-0.15, -0.1) is 11.3 Å². The quantitative estimate of drug-likeness (QED) is 0.471. The van der Waals surface area contributed by atoms with E-state index in [1.807, 2.05) is 60.0 Å². The minimum absolute atomic E-state index is 0.101. The lowest BCUT2D eigenvalue weighted by Gasteiger charge is -2.17. The van der Waals surface area contributed by atoms with Crippen molar-refractivity contribution in [3.63, 3.8) is 0 Å². The molecule has 0 aliphatic carbocycles. The molecule has 0 saturated carbocycles. The van der Waals surface area contributed by atoms with E-state index in [1.165, 1.54) is 22.2 Å². The van der Waals surface area contributed by atoms with Gasteiger partial charge in [-0.2, -0.15) is 0 Å². The summed E-state index contributed by atoms with van der Waals surface area (Å²) < 4.78 is 7.32. The van der Waals surface area contributed by atoms with E-state index in [-0.39, 0.29) is 18.7 Å². The number of aromatic nitrogens is 2. The molecule has 2 aromatic heterocycles. The number of hydrogen-bond acceptors (Lipinski definition) is 5. The zero-order chi connectivity index (χ0) is 21.1. The number of benzene rings is 2. The normalized spacial score (nSPS) is 12.4. The molecule has 0 aliphatic heterocycles. The van der Waals surface area contributed by atoms with Gasteiger partial charge in [0.1, 0.15) is 23.3 Å². The number of nitrogens with zero attached hydrogens (tertiary/aromatic N) is 2. The second kappa shape index (κ2) is 8.81. The number of para-hydroxylation sites is 1. The van der Waals surface area contributed by atoms with Gasteiger partial charge < -0.3 is 9.84 Å². The monoisotopic (exact) mass is 420 g/mol. The summed E-state index contributed by atoms with van der Waals surface area (Å²) in [6, 6.07) is 17.6. The van der Waals surface area contributed by atoms with E-state index < -0.39 is 6.10 Å². The second-order valence-electron chi connectivity index (χ2n) is 7.55. The van der Waals surface area contributed by atoms with Gasteiger partial charge in [-0.25, -0.2) is 4.98 Å². The Bertz CT molecular complexity index is 1200. The standard InChI is InChI=1S/C24H24N2O3S/c1-16(2)19-10-6-7-11-21(19)29-13-18(27)12-26-15-25-23-22(24(26)28)20(14-30-23)17-8-4-3-5-9-17/h3-11,14-16,18,27H,12-13H2,1-2H3. The number of aliphatic hydroxyl groups excluding tert-OH is 1. The molecular weight excluding hydrogens is 396 g/mol. The van der Waals surface area contributed by atoms with Gasteiger partial charge in [-0.05, 0) is 23.1 Å². The van der Waals surface area contributed by atoms with Crippen LogP contribution in [0.5, 0.6) is 5.75 Å². The average molecular weight is 421 g/mol. The van der Waals surface area contributed by atoms with Gasteiger partial charge in [-0.1, -0.05) is 62.4 Å². The molecule has 6 heteroatoms. The molecule has 1 atom stereocenters. The van der Waals surface area contributed by atoms with Gasteiger partial charge in [0.05, 0.1) is 18.3 Å². The number of aliphatic hydroxyl groups is 1. The lowest BCUT2D eigenvalue weighted by molar-refractivity contribution is 0.0909. The summed E-state index contributed by atoms with van der Waals surface area (Å²) in [5, 5.41) is 13.1. The maximum Gasteiger partial charge on any atom is 0.262 e. The fourth-order valence-corrected chi connectivity index (χ4v) is 4.39. The Morgan fingerprint density at radius 2 is 1.83 bits per heavy atom. The predicted octanol–water partition coefficient (Wildman–Crippen LogP) is 4.69. The van der Waals surface area contributed by atoms with E-state index in [2.05, 4.69) is 18.8 Å². The molecule has 0 amide bonds. The van der Waals surface area contributed by atoms with Crippen LogP contribution in [0.3, 0.4) is 0 Å². The molecule has 0 spiro atoms. The van der Waals surface area contributed by atoms with Crippen molar-refractivity contribution in [2.45, 2.75) is 32.4 Å². The molecule has 4 rings (SSSR count). The highest BCUT2D eigenvalue weighted by Crippen LogP contribution is 2.30. The van der Waals surface area contributed by atoms with Gasteiger partial charge in [0.15, 0.2) is 0 Å². The van der Waals surface area contributed by atoms with Crippen molar-refractivity contribution in [3.8, 4) is 16.9 Å². The maximum atomic E-state index is 13.1. The second-order valence-corrected chi connectivity index (χ2v) is 8.41. The fraction of sp³-hybridized carbons (Fsp3) is 0.250. The summed E-state index contributed by atoms with van der Waals surface area (Å²) in [5.41, 5.74) is 2.80. The molecule has 5 nitrogen and oxygen atoms in total. The SMILES string of the molecule is CC(C)c1ccccc1OCC(O)Cn1cnc2scc(-c3ccccc3)c2c1=O. The molecule has 1 N–H and O–H groups in total. The van der Waals surface area contributed by atoms with Crippen LogP contribution in [0.2, 0.25) is 0 Å². The van der Waals surface area contributed by atoms with Crippen molar-refractivity contribution < 1.29 is 9.84 Å². The van der Waals surface area contributed by atoms with Gasteiger partial charge in [0.25, 0.3) is 5.56 Å². The lowest BCUT2D eigenvalue weighted by Crippen LogP contribution is -2.30. The zero-order valence-corrected chi connectivity index (χ0v) is 17.8. The third-order valence-electron chi connectivity index (χ3n) is 5.03. The predicted molar refractivity (Wildman–Crippen MR) is 121 cm³/mol. The smallest absolute Gasteiger partial charge is 0.262 e. The average Bonchev–Trinajstić information content (AvgIpc) is 3.20. The number of thiophene rings is 1. The van der Waals surface area contributed by atoms with Crippen LogP contribution in [0.15, 0.2) is 71.1 Å². The number of ether oxygens (including phenoxy) is 1. The van der Waals surface area contributed by atoms with Crippen LogP contribution < -0.4 is 10.3 Å². The molecule has 2 heterocycles. The van der Waals surface area contributed by atoms with Crippen molar-refractivity contribution in [1.82, 2.24) is 9.55 Å². The molecule has 0 aliphatic rings. The molecule has 0 fully saturated rings. The van der Waals surface area contributed by atoms with Crippen LogP contribution in [0, 0.1) is 0 Å². The van der Waals surface area contributed by atoms with Crippen LogP contribution in [-0.4, -0.2) is 27.4 Å². The Morgan fingerprint density at radius 3 is 2.60 bits per heavy atom. The molecule has 154 valence electrons. The Kier molecular flexibility index (Phi) is 5.97. The fourth-order valence-electron chi connectivity index (χ4n) is 3.48. The van der Waals surface area contributed by atoms with Crippen LogP contribution in [0.1, 0.15) is 25.3 Å². The van der Waals surface area contributed by atoms with Crippen LogP contribution >= 0.6 is 11.3 Å². The van der Waals surface area contributed by atoms with Crippen molar-refractivity contribution in [3.05, 3.63) is 82.2 Å². The van der Waals surface area contributed by atoms with Crippen molar-refractivity contribution in [2.75, 3.05) is 6.61 Å². The molecule has 30 heavy (non-hydrogen) atoms.